The van der Waals surface area contributed by atoms with Gasteiger partial charge in [0.2, 0.25) is 0 Å². The number of carbonyl (C=O) groups is 1. The van der Waals surface area contributed by atoms with Crippen LogP contribution in [0.1, 0.15) is 53.4 Å². The summed E-state index contributed by atoms with van der Waals surface area (Å²) >= 11 is 0. The summed E-state index contributed by atoms with van der Waals surface area (Å²) in [6.07, 6.45) is 3.28. The maximum atomic E-state index is 9.87. The molecule has 0 atom stereocenters. The third kappa shape index (κ3) is 142. The standard InChI is InChI=1S/C6H12O2.3C2H6O.Ti/c1-2-3-4-5-6(7)8;3*1-2-3;/h2-5H2,1H3,(H,7,8);3*3H,2H2,1H3;. The van der Waals surface area contributed by atoms with E-state index in [4.69, 9.17) is 20.4 Å². The van der Waals surface area contributed by atoms with Crippen LogP contribution < -0.4 is 0 Å². The van der Waals surface area contributed by atoms with E-state index in [2.05, 4.69) is 6.92 Å². The predicted octanol–water partition coefficient (Wildman–Crippen LogP) is 1.64. The second kappa shape index (κ2) is 43.5. The summed E-state index contributed by atoms with van der Waals surface area (Å²) in [6.45, 7) is 7.85. The number of aliphatic carboxylic acids is 1. The molecule has 0 aliphatic carbocycles. The maximum Gasteiger partial charge on any atom is 0.303 e. The number of unbranched alkanes of at least 4 members (excludes halogenated alkanes) is 2. The van der Waals surface area contributed by atoms with Crippen LogP contribution in [-0.4, -0.2) is 46.2 Å². The van der Waals surface area contributed by atoms with Crippen molar-refractivity contribution in [2.45, 2.75) is 53.4 Å². The molecule has 4 N–H and O–H groups in total. The molecule has 0 saturated heterocycles. The van der Waals surface area contributed by atoms with E-state index in [1.54, 1.807) is 20.8 Å². The Hall–Kier alpha value is 0.0643. The van der Waals surface area contributed by atoms with Gasteiger partial charge in [0.1, 0.15) is 0 Å². The van der Waals surface area contributed by atoms with Gasteiger partial charge in [-0.3, -0.25) is 4.79 Å². The Morgan fingerprint density at radius 2 is 1.11 bits per heavy atom. The third-order valence-corrected chi connectivity index (χ3v) is 0.994. The summed E-state index contributed by atoms with van der Waals surface area (Å²) in [6, 6.07) is 0. The molecule has 0 rings (SSSR count). The summed E-state index contributed by atoms with van der Waals surface area (Å²) < 4.78 is 0. The summed E-state index contributed by atoms with van der Waals surface area (Å²) in [4.78, 5) is 9.87. The van der Waals surface area contributed by atoms with Crippen LogP contribution >= 0.6 is 0 Å². The SMILES string of the molecule is CCCCCC(=O)O.CCO.CCO.CCO.[Ti]. The first-order valence-corrected chi connectivity index (χ1v) is 6.06. The molecule has 0 radical (unpaired) electrons. The van der Waals surface area contributed by atoms with Gasteiger partial charge < -0.3 is 20.4 Å². The van der Waals surface area contributed by atoms with Crippen LogP contribution in [-0.2, 0) is 26.5 Å². The van der Waals surface area contributed by atoms with E-state index in [-0.39, 0.29) is 41.5 Å². The molecule has 6 heteroatoms. The van der Waals surface area contributed by atoms with Crippen LogP contribution in [0.5, 0.6) is 0 Å². The first kappa shape index (κ1) is 30.8. The van der Waals surface area contributed by atoms with E-state index >= 15 is 0 Å². The zero-order chi connectivity index (χ0) is 14.5. The van der Waals surface area contributed by atoms with E-state index in [9.17, 15) is 4.79 Å². The van der Waals surface area contributed by atoms with Gasteiger partial charge in [-0.05, 0) is 27.2 Å². The van der Waals surface area contributed by atoms with Gasteiger partial charge in [-0.25, -0.2) is 0 Å². The fourth-order valence-electron chi connectivity index (χ4n) is 0.526. The molecule has 0 aromatic rings. The van der Waals surface area contributed by atoms with Crippen LogP contribution in [0.25, 0.3) is 0 Å². The third-order valence-electron chi connectivity index (χ3n) is 0.994. The Morgan fingerprint density at radius 3 is 1.28 bits per heavy atom. The predicted molar refractivity (Wildman–Crippen MR) is 70.1 cm³/mol. The molecule has 0 saturated carbocycles. The largest absolute Gasteiger partial charge is 0.481 e. The number of carboxylic acids is 1. The van der Waals surface area contributed by atoms with Crippen molar-refractivity contribution in [2.24, 2.45) is 0 Å². The number of hydrogen-bond acceptors (Lipinski definition) is 4. The summed E-state index contributed by atoms with van der Waals surface area (Å²) in [5.41, 5.74) is 0. The Bertz CT molecular complexity index is 108. The molecule has 0 aliphatic rings. The van der Waals surface area contributed by atoms with Crippen molar-refractivity contribution in [1.82, 2.24) is 0 Å². The number of aliphatic hydroxyl groups is 3. The first-order valence-electron chi connectivity index (χ1n) is 6.06. The van der Waals surface area contributed by atoms with Crippen LogP contribution in [0.4, 0.5) is 0 Å². The summed E-state index contributed by atoms with van der Waals surface area (Å²) in [5.74, 6) is -0.682. The molecule has 0 bridgehead atoms. The average Bonchev–Trinajstić information content (AvgIpc) is 2.21. The quantitative estimate of drug-likeness (QED) is 0.467. The molecule has 5 nitrogen and oxygen atoms in total. The Labute approximate surface area is 126 Å². The van der Waals surface area contributed by atoms with Crippen LogP contribution in [0.15, 0.2) is 0 Å². The van der Waals surface area contributed by atoms with E-state index < -0.39 is 5.97 Å². The second-order valence-corrected chi connectivity index (χ2v) is 2.80. The van der Waals surface area contributed by atoms with Gasteiger partial charge in [0.05, 0.1) is 0 Å². The van der Waals surface area contributed by atoms with Crippen LogP contribution in [0.2, 0.25) is 0 Å². The van der Waals surface area contributed by atoms with Crippen LogP contribution in [0, 0.1) is 0 Å². The van der Waals surface area contributed by atoms with Crippen molar-refractivity contribution in [3.63, 3.8) is 0 Å². The van der Waals surface area contributed by atoms with Crippen molar-refractivity contribution in [2.75, 3.05) is 19.8 Å². The summed E-state index contributed by atoms with van der Waals surface area (Å²) in [7, 11) is 0. The number of carboxylic acid groups (broad SMARTS) is 1. The van der Waals surface area contributed by atoms with Crippen molar-refractivity contribution in [1.29, 1.82) is 0 Å². The molecule has 0 fully saturated rings. The minimum Gasteiger partial charge on any atom is -0.481 e. The van der Waals surface area contributed by atoms with Crippen molar-refractivity contribution >= 4 is 5.97 Å². The molecule has 112 valence electrons. The van der Waals surface area contributed by atoms with Gasteiger partial charge in [-0.1, -0.05) is 19.8 Å². The monoisotopic (exact) mass is 302 g/mol. The molecule has 0 aromatic heterocycles. The molecule has 0 aliphatic heterocycles. The van der Waals surface area contributed by atoms with Crippen molar-refractivity contribution in [3.8, 4) is 0 Å². The van der Waals surface area contributed by atoms with E-state index in [0.717, 1.165) is 19.3 Å². The zero-order valence-corrected chi connectivity index (χ0v) is 13.7. The molecule has 0 amide bonds. The molecular weight excluding hydrogens is 272 g/mol. The van der Waals surface area contributed by atoms with Gasteiger partial charge in [0, 0.05) is 48.0 Å². The number of hydrogen-bond donors (Lipinski definition) is 4. The molecule has 0 heterocycles. The smallest absolute Gasteiger partial charge is 0.303 e. The van der Waals surface area contributed by atoms with E-state index in [1.165, 1.54) is 0 Å². The zero-order valence-electron chi connectivity index (χ0n) is 12.1. The van der Waals surface area contributed by atoms with E-state index in [0.29, 0.717) is 6.42 Å². The Kier molecular flexibility index (Phi) is 74.4. The second-order valence-electron chi connectivity index (χ2n) is 2.80. The van der Waals surface area contributed by atoms with Gasteiger partial charge in [0.15, 0.2) is 0 Å². The maximum absolute atomic E-state index is 9.87. The van der Waals surface area contributed by atoms with Gasteiger partial charge in [-0.15, -0.1) is 0 Å². The molecule has 0 aromatic carbocycles. The molecule has 0 spiro atoms. The minimum atomic E-state index is -0.682. The number of aliphatic hydroxyl groups excluding tert-OH is 3. The van der Waals surface area contributed by atoms with Gasteiger partial charge >= 0.3 is 5.97 Å². The summed E-state index contributed by atoms with van der Waals surface area (Å²) in [5, 5.41) is 30.8. The normalized spacial score (nSPS) is 7.06. The molecular formula is C12H30O5Ti. The fourth-order valence-corrected chi connectivity index (χ4v) is 0.526. The topological polar surface area (TPSA) is 98.0 Å². The van der Waals surface area contributed by atoms with Gasteiger partial charge in [0.25, 0.3) is 0 Å². The van der Waals surface area contributed by atoms with Crippen LogP contribution in [0.3, 0.4) is 0 Å². The minimum absolute atomic E-state index is 0. The van der Waals surface area contributed by atoms with Gasteiger partial charge in [-0.2, -0.15) is 0 Å². The first-order chi connectivity index (χ1) is 8.01. The molecule has 18 heavy (non-hydrogen) atoms. The fraction of sp³-hybridized carbons (Fsp3) is 0.917. The Morgan fingerprint density at radius 1 is 0.833 bits per heavy atom. The number of rotatable bonds is 4. The van der Waals surface area contributed by atoms with Crippen molar-refractivity contribution in [3.05, 3.63) is 0 Å². The Balaban J connectivity index is -0.0000000477. The molecule has 0 unspecified atom stereocenters. The average molecular weight is 302 g/mol. The van der Waals surface area contributed by atoms with E-state index in [1.807, 2.05) is 0 Å². The van der Waals surface area contributed by atoms with Crippen molar-refractivity contribution < 1.29 is 46.9 Å².